The molecule has 1 saturated heterocycles. The molecule has 1 heterocycles. The van der Waals surface area contributed by atoms with E-state index in [2.05, 4.69) is 5.32 Å². The number of sulfonamides is 1. The highest BCUT2D eigenvalue weighted by molar-refractivity contribution is 7.89. The molecule has 0 atom stereocenters. The summed E-state index contributed by atoms with van der Waals surface area (Å²) in [5.74, 6) is -0.259. The zero-order chi connectivity index (χ0) is 17.9. The third-order valence-corrected chi connectivity index (χ3v) is 6.46. The minimum Gasteiger partial charge on any atom is -0.322 e. The van der Waals surface area contributed by atoms with Gasteiger partial charge >= 0.3 is 0 Å². The Morgan fingerprint density at radius 1 is 1.00 bits per heavy atom. The maximum atomic E-state index is 12.9. The SMILES string of the molecule is Cc1ccc(NC(=O)c2ccccc2)cc1S(=O)(=O)N1CCCCC1. The topological polar surface area (TPSA) is 66.5 Å². The van der Waals surface area contributed by atoms with Crippen molar-refractivity contribution >= 4 is 21.6 Å². The number of hydrogen-bond donors (Lipinski definition) is 1. The molecule has 0 bridgehead atoms. The number of aryl methyl sites for hydroxylation is 1. The molecular weight excluding hydrogens is 336 g/mol. The van der Waals surface area contributed by atoms with Crippen LogP contribution in [0, 0.1) is 6.92 Å². The van der Waals surface area contributed by atoms with Gasteiger partial charge < -0.3 is 5.32 Å². The van der Waals surface area contributed by atoms with Crippen molar-refractivity contribution in [3.05, 3.63) is 59.7 Å². The lowest BCUT2D eigenvalue weighted by Gasteiger charge is -2.26. The molecule has 0 unspecified atom stereocenters. The molecule has 0 radical (unpaired) electrons. The first kappa shape index (κ1) is 17.6. The van der Waals surface area contributed by atoms with E-state index in [1.165, 1.54) is 0 Å². The van der Waals surface area contributed by atoms with Gasteiger partial charge in [0.1, 0.15) is 0 Å². The monoisotopic (exact) mass is 358 g/mol. The van der Waals surface area contributed by atoms with E-state index in [9.17, 15) is 13.2 Å². The highest BCUT2D eigenvalue weighted by Gasteiger charge is 2.27. The molecule has 25 heavy (non-hydrogen) atoms. The van der Waals surface area contributed by atoms with Gasteiger partial charge in [0.25, 0.3) is 5.91 Å². The van der Waals surface area contributed by atoms with Crippen LogP contribution in [-0.2, 0) is 10.0 Å². The van der Waals surface area contributed by atoms with E-state index in [1.807, 2.05) is 6.07 Å². The van der Waals surface area contributed by atoms with Crippen molar-refractivity contribution in [1.82, 2.24) is 4.31 Å². The van der Waals surface area contributed by atoms with Crippen LogP contribution in [0.25, 0.3) is 0 Å². The van der Waals surface area contributed by atoms with Crippen molar-refractivity contribution in [2.24, 2.45) is 0 Å². The van der Waals surface area contributed by atoms with Crippen molar-refractivity contribution in [1.29, 1.82) is 0 Å². The van der Waals surface area contributed by atoms with Crippen LogP contribution < -0.4 is 5.32 Å². The van der Waals surface area contributed by atoms with E-state index in [0.29, 0.717) is 29.9 Å². The molecular formula is C19H22N2O3S. The molecule has 1 N–H and O–H groups in total. The summed E-state index contributed by atoms with van der Waals surface area (Å²) in [4.78, 5) is 12.6. The van der Waals surface area contributed by atoms with Crippen LogP contribution in [0.1, 0.15) is 35.2 Å². The van der Waals surface area contributed by atoms with E-state index >= 15 is 0 Å². The highest BCUT2D eigenvalue weighted by atomic mass is 32.2. The van der Waals surface area contributed by atoms with Crippen molar-refractivity contribution in [2.75, 3.05) is 18.4 Å². The summed E-state index contributed by atoms with van der Waals surface area (Å²) in [5, 5.41) is 2.78. The number of rotatable bonds is 4. The average Bonchev–Trinajstić information content (AvgIpc) is 2.64. The third-order valence-electron chi connectivity index (χ3n) is 4.41. The molecule has 3 rings (SSSR count). The number of nitrogens with zero attached hydrogens (tertiary/aromatic N) is 1. The summed E-state index contributed by atoms with van der Waals surface area (Å²) in [7, 11) is -3.53. The van der Waals surface area contributed by atoms with E-state index in [4.69, 9.17) is 0 Å². The van der Waals surface area contributed by atoms with Crippen LogP contribution in [0.2, 0.25) is 0 Å². The Morgan fingerprint density at radius 2 is 1.68 bits per heavy atom. The summed E-state index contributed by atoms with van der Waals surface area (Å²) >= 11 is 0. The first-order chi connectivity index (χ1) is 12.0. The number of carbonyl (C=O) groups excluding carboxylic acids is 1. The first-order valence-electron chi connectivity index (χ1n) is 8.46. The molecule has 0 aromatic heterocycles. The molecule has 0 saturated carbocycles. The number of benzene rings is 2. The quantitative estimate of drug-likeness (QED) is 0.911. The Bertz CT molecular complexity index is 857. The molecule has 1 fully saturated rings. The lowest BCUT2D eigenvalue weighted by Crippen LogP contribution is -2.36. The van der Waals surface area contributed by atoms with Crippen LogP contribution in [0.3, 0.4) is 0 Å². The van der Waals surface area contributed by atoms with E-state index < -0.39 is 10.0 Å². The van der Waals surface area contributed by atoms with Crippen LogP contribution in [0.15, 0.2) is 53.4 Å². The minimum atomic E-state index is -3.53. The molecule has 0 spiro atoms. The maximum Gasteiger partial charge on any atom is 0.255 e. The van der Waals surface area contributed by atoms with Gasteiger partial charge in [-0.3, -0.25) is 4.79 Å². The van der Waals surface area contributed by atoms with Gasteiger partial charge in [-0.05, 0) is 49.6 Å². The van der Waals surface area contributed by atoms with Crippen LogP contribution in [-0.4, -0.2) is 31.7 Å². The molecule has 0 aliphatic carbocycles. The standard InChI is InChI=1S/C19H22N2O3S/c1-15-10-11-17(20-19(22)16-8-4-2-5-9-16)14-18(15)25(23,24)21-12-6-3-7-13-21/h2,4-5,8-11,14H,3,6-7,12-13H2,1H3,(H,20,22). The fraction of sp³-hybridized carbons (Fsp3) is 0.316. The molecule has 1 aliphatic rings. The van der Waals surface area contributed by atoms with Crippen molar-refractivity contribution < 1.29 is 13.2 Å². The van der Waals surface area contributed by atoms with Gasteiger partial charge in [0.2, 0.25) is 10.0 Å². The Hall–Kier alpha value is -2.18. The lowest BCUT2D eigenvalue weighted by molar-refractivity contribution is 0.102. The number of amides is 1. The van der Waals surface area contributed by atoms with Crippen molar-refractivity contribution in [3.63, 3.8) is 0 Å². The largest absolute Gasteiger partial charge is 0.322 e. The smallest absolute Gasteiger partial charge is 0.255 e. The number of piperidine rings is 1. The lowest BCUT2D eigenvalue weighted by atomic mass is 10.2. The van der Waals surface area contributed by atoms with E-state index in [-0.39, 0.29) is 10.8 Å². The second kappa shape index (κ2) is 7.37. The normalized spacial score (nSPS) is 15.7. The third kappa shape index (κ3) is 3.91. The maximum absolute atomic E-state index is 12.9. The molecule has 132 valence electrons. The average molecular weight is 358 g/mol. The zero-order valence-electron chi connectivity index (χ0n) is 14.2. The predicted octanol–water partition coefficient (Wildman–Crippen LogP) is 3.42. The van der Waals surface area contributed by atoms with Gasteiger partial charge in [0.15, 0.2) is 0 Å². The summed E-state index contributed by atoms with van der Waals surface area (Å²) in [6.45, 7) is 2.89. The fourth-order valence-electron chi connectivity index (χ4n) is 2.99. The summed E-state index contributed by atoms with van der Waals surface area (Å²) in [6, 6.07) is 13.9. The number of carbonyl (C=O) groups is 1. The summed E-state index contributed by atoms with van der Waals surface area (Å²) in [5.41, 5.74) is 1.70. The Kier molecular flexibility index (Phi) is 5.20. The van der Waals surface area contributed by atoms with Crippen molar-refractivity contribution in [2.45, 2.75) is 31.1 Å². The molecule has 5 nitrogen and oxygen atoms in total. The first-order valence-corrected chi connectivity index (χ1v) is 9.90. The molecule has 6 heteroatoms. The van der Waals surface area contributed by atoms with Crippen molar-refractivity contribution in [3.8, 4) is 0 Å². The second-order valence-electron chi connectivity index (χ2n) is 6.27. The van der Waals surface area contributed by atoms with Gasteiger partial charge in [0, 0.05) is 24.3 Å². The number of anilines is 1. The molecule has 2 aromatic carbocycles. The predicted molar refractivity (Wildman–Crippen MR) is 98.2 cm³/mol. The molecule has 1 aliphatic heterocycles. The summed E-state index contributed by atoms with van der Waals surface area (Å²) < 4.78 is 27.4. The van der Waals surface area contributed by atoms with Crippen LogP contribution >= 0.6 is 0 Å². The van der Waals surface area contributed by atoms with E-state index in [0.717, 1.165) is 19.3 Å². The summed E-state index contributed by atoms with van der Waals surface area (Å²) in [6.07, 6.45) is 2.85. The Balaban J connectivity index is 1.86. The van der Waals surface area contributed by atoms with Gasteiger partial charge in [-0.2, -0.15) is 4.31 Å². The van der Waals surface area contributed by atoms with Gasteiger partial charge in [-0.15, -0.1) is 0 Å². The van der Waals surface area contributed by atoms with Gasteiger partial charge in [0.05, 0.1) is 4.90 Å². The van der Waals surface area contributed by atoms with Crippen LogP contribution in [0.5, 0.6) is 0 Å². The number of nitrogens with one attached hydrogen (secondary N) is 1. The molecule has 2 aromatic rings. The van der Waals surface area contributed by atoms with E-state index in [1.54, 1.807) is 53.7 Å². The number of hydrogen-bond acceptors (Lipinski definition) is 3. The minimum absolute atomic E-state index is 0.259. The fourth-order valence-corrected chi connectivity index (χ4v) is 4.76. The second-order valence-corrected chi connectivity index (χ2v) is 8.17. The Morgan fingerprint density at radius 3 is 2.36 bits per heavy atom. The Labute approximate surface area is 148 Å². The van der Waals surface area contributed by atoms with Gasteiger partial charge in [-0.1, -0.05) is 30.7 Å². The molecule has 1 amide bonds. The zero-order valence-corrected chi connectivity index (χ0v) is 15.1. The van der Waals surface area contributed by atoms with Crippen LogP contribution in [0.4, 0.5) is 5.69 Å². The van der Waals surface area contributed by atoms with Gasteiger partial charge in [-0.25, -0.2) is 8.42 Å². The highest BCUT2D eigenvalue weighted by Crippen LogP contribution is 2.26.